The average Bonchev–Trinajstić information content (AvgIpc) is 3.73. The molecule has 0 radical (unpaired) electrons. The lowest BCUT2D eigenvalue weighted by Gasteiger charge is -2.32. The molecule has 4 aliphatic heterocycles. The molecule has 4 heterocycles. The lowest BCUT2D eigenvalue weighted by Crippen LogP contribution is -2.41. The molecule has 6 rings (SSSR count). The topological polar surface area (TPSA) is 92.3 Å². The van der Waals surface area contributed by atoms with Crippen LogP contribution in [0.15, 0.2) is 48.5 Å². The summed E-state index contributed by atoms with van der Waals surface area (Å²) in [5, 5.41) is 0. The Labute approximate surface area is 383 Å². The van der Waals surface area contributed by atoms with Gasteiger partial charge in [0.15, 0.2) is 0 Å². The van der Waals surface area contributed by atoms with E-state index in [1.807, 2.05) is 24.3 Å². The van der Waals surface area contributed by atoms with Gasteiger partial charge in [-0.15, -0.1) is 0 Å². The Morgan fingerprint density at radius 3 is 0.778 bits per heavy atom. The monoisotopic (exact) mass is 873 g/mol. The summed E-state index contributed by atoms with van der Waals surface area (Å²) in [5.41, 5.74) is -1.57. The molecule has 0 amide bonds. The van der Waals surface area contributed by atoms with Crippen molar-refractivity contribution in [2.75, 3.05) is 14.2 Å². The molecule has 2 aromatic carbocycles. The van der Waals surface area contributed by atoms with Gasteiger partial charge < -0.3 is 46.7 Å². The van der Waals surface area contributed by atoms with Crippen LogP contribution in [-0.2, 0) is 50.1 Å². The van der Waals surface area contributed by atoms with Crippen molar-refractivity contribution in [3.05, 3.63) is 59.7 Å². The third kappa shape index (κ3) is 10.9. The Hall–Kier alpha value is -2.02. The second kappa shape index (κ2) is 18.2. The first-order valence-corrected chi connectivity index (χ1v) is 23.7. The summed E-state index contributed by atoms with van der Waals surface area (Å²) in [6, 6.07) is 16.8. The van der Waals surface area contributed by atoms with E-state index in [9.17, 15) is 0 Å². The van der Waals surface area contributed by atoms with Crippen molar-refractivity contribution >= 4 is 28.5 Å². The van der Waals surface area contributed by atoms with E-state index < -0.39 is 73.3 Å². The van der Waals surface area contributed by atoms with E-state index >= 15 is 0 Å². The van der Waals surface area contributed by atoms with Crippen molar-refractivity contribution in [3.8, 4) is 11.5 Å². The number of methoxy groups -OCH3 is 2. The highest BCUT2D eigenvalue weighted by molar-refractivity contribution is 6.51. The summed E-state index contributed by atoms with van der Waals surface area (Å²) >= 11 is 0. The highest BCUT2D eigenvalue weighted by atomic mass is 16.7. The minimum Gasteiger partial charge on any atom is -0.497 e. The van der Waals surface area contributed by atoms with Gasteiger partial charge in [-0.25, -0.2) is 0 Å². The lowest BCUT2D eigenvalue weighted by atomic mass is 9.51. The maximum Gasteiger partial charge on any atom is 0.461 e. The van der Waals surface area contributed by atoms with Gasteiger partial charge in [0.25, 0.3) is 0 Å². The summed E-state index contributed by atoms with van der Waals surface area (Å²) in [5.74, 6) is 1.58. The second-order valence-electron chi connectivity index (χ2n) is 23.0. The number of rotatable bonds is 18. The van der Waals surface area contributed by atoms with E-state index in [2.05, 4.69) is 135 Å². The smallest absolute Gasteiger partial charge is 0.461 e. The summed E-state index contributed by atoms with van der Waals surface area (Å²) in [4.78, 5) is 0. The molecule has 10 nitrogen and oxygen atoms in total. The Bertz CT molecular complexity index is 1630. The molecule has 0 aliphatic carbocycles. The SMILES string of the molecule is COc1ccc(CC[C@@H](C[C@@H](C[C@H](C[C@H](CCc2ccc(OC)cc2)B2OC(C)(C)C(C)(C)O2)B2OC(C)(C)C(C)(C)O2)B2OC(C)(C)C(C)(C)O2)B2OC(C)(C)C(C)(C)O2)cc1. The fourth-order valence-electron chi connectivity index (χ4n) is 9.15. The normalized spacial score (nSPS) is 25.6. The van der Waals surface area contributed by atoms with Crippen LogP contribution in [-0.4, -0.2) is 87.5 Å². The summed E-state index contributed by atoms with van der Waals surface area (Å²) < 4.78 is 66.7. The first-order valence-electron chi connectivity index (χ1n) is 23.7. The molecule has 0 unspecified atom stereocenters. The highest BCUT2D eigenvalue weighted by Gasteiger charge is 2.61. The third-order valence-electron chi connectivity index (χ3n) is 16.4. The van der Waals surface area contributed by atoms with Gasteiger partial charge in [0.2, 0.25) is 0 Å². The molecule has 2 aromatic rings. The molecule has 4 saturated heterocycles. The van der Waals surface area contributed by atoms with Crippen LogP contribution in [0.5, 0.6) is 11.5 Å². The molecule has 0 saturated carbocycles. The number of hydrogen-bond donors (Lipinski definition) is 0. The zero-order valence-electron chi connectivity index (χ0n) is 42.3. The quantitative estimate of drug-likeness (QED) is 0.135. The Kier molecular flexibility index (Phi) is 14.6. The number of aryl methyl sites for hydroxylation is 2. The molecule has 0 N–H and O–H groups in total. The van der Waals surface area contributed by atoms with E-state index in [-0.39, 0.29) is 23.3 Å². The van der Waals surface area contributed by atoms with Crippen molar-refractivity contribution in [3.63, 3.8) is 0 Å². The van der Waals surface area contributed by atoms with Crippen molar-refractivity contribution in [1.29, 1.82) is 0 Å². The standard InChI is InChI=1S/C49H80B4O10/c1-42(2)43(3,4)57-50(56-42)36(25-19-34-21-27-40(54-17)28-22-34)31-38(52-60-46(9,10)47(11,12)61-52)33-39(53-62-48(13,14)49(15,16)63-53)32-37(51-58-44(5,6)45(7,8)59-51)26-20-35-23-29-41(55-18)30-24-35/h21-24,27-30,36-39H,19-20,25-26,31-33H2,1-18H3/t36-,37-,38-,39-/m0/s1. The van der Waals surface area contributed by atoms with Gasteiger partial charge in [-0.3, -0.25) is 0 Å². The molecule has 4 fully saturated rings. The number of ether oxygens (including phenoxy) is 2. The molecule has 4 atom stereocenters. The summed E-state index contributed by atoms with van der Waals surface area (Å²) in [6.07, 6.45) is 5.59. The van der Waals surface area contributed by atoms with Gasteiger partial charge in [0.1, 0.15) is 11.5 Å². The summed E-state index contributed by atoms with van der Waals surface area (Å²) in [7, 11) is 1.59. The first-order chi connectivity index (χ1) is 29.0. The number of benzene rings is 2. The van der Waals surface area contributed by atoms with E-state index in [1.165, 1.54) is 11.1 Å². The van der Waals surface area contributed by atoms with Gasteiger partial charge in [0, 0.05) is 0 Å². The first kappa shape index (κ1) is 50.4. The molecule has 0 aromatic heterocycles. The number of hydrogen-bond acceptors (Lipinski definition) is 10. The minimum atomic E-state index is -0.526. The molecule has 348 valence electrons. The largest absolute Gasteiger partial charge is 0.497 e. The molecule has 4 aliphatic rings. The van der Waals surface area contributed by atoms with Crippen molar-refractivity contribution in [1.82, 2.24) is 0 Å². The van der Waals surface area contributed by atoms with Crippen molar-refractivity contribution in [2.24, 2.45) is 0 Å². The van der Waals surface area contributed by atoms with E-state index in [4.69, 9.17) is 46.7 Å². The van der Waals surface area contributed by atoms with E-state index in [0.717, 1.165) is 50.0 Å². The van der Waals surface area contributed by atoms with Gasteiger partial charge >= 0.3 is 28.5 Å². The zero-order valence-corrected chi connectivity index (χ0v) is 42.3. The molecule has 0 spiro atoms. The van der Waals surface area contributed by atoms with Gasteiger partial charge in [-0.1, -0.05) is 43.5 Å². The van der Waals surface area contributed by atoms with Crippen LogP contribution in [0, 0.1) is 0 Å². The van der Waals surface area contributed by atoms with Crippen molar-refractivity contribution < 1.29 is 46.7 Å². The van der Waals surface area contributed by atoms with Crippen LogP contribution < -0.4 is 9.47 Å². The van der Waals surface area contributed by atoms with Crippen LogP contribution in [0.3, 0.4) is 0 Å². The van der Waals surface area contributed by atoms with Gasteiger partial charge in [-0.2, -0.15) is 0 Å². The predicted octanol–water partition coefficient (Wildman–Crippen LogP) is 11.3. The highest BCUT2D eigenvalue weighted by Crippen LogP contribution is 2.53. The molecular weight excluding hydrogens is 792 g/mol. The Balaban J connectivity index is 1.39. The molecule has 0 bridgehead atoms. The van der Waals surface area contributed by atoms with Gasteiger partial charge in [0.05, 0.1) is 59.0 Å². The summed E-state index contributed by atoms with van der Waals surface area (Å²) in [6.45, 7) is 34.2. The Morgan fingerprint density at radius 1 is 0.349 bits per heavy atom. The van der Waals surface area contributed by atoms with E-state index in [1.54, 1.807) is 14.2 Å². The molecule has 63 heavy (non-hydrogen) atoms. The fourth-order valence-corrected chi connectivity index (χ4v) is 9.15. The van der Waals surface area contributed by atoms with Gasteiger partial charge in [-0.05, 0) is 195 Å². The van der Waals surface area contributed by atoms with Crippen molar-refractivity contribution in [2.45, 2.75) is 224 Å². The van der Waals surface area contributed by atoms with Crippen LogP contribution >= 0.6 is 0 Å². The zero-order chi connectivity index (χ0) is 46.6. The lowest BCUT2D eigenvalue weighted by molar-refractivity contribution is 0.00578. The van der Waals surface area contributed by atoms with Crippen LogP contribution in [0.25, 0.3) is 0 Å². The Morgan fingerprint density at radius 2 is 0.556 bits per heavy atom. The van der Waals surface area contributed by atoms with Crippen LogP contribution in [0.2, 0.25) is 23.3 Å². The second-order valence-corrected chi connectivity index (χ2v) is 23.0. The van der Waals surface area contributed by atoms with E-state index in [0.29, 0.717) is 6.42 Å². The average molecular weight is 872 g/mol. The maximum atomic E-state index is 7.03. The maximum absolute atomic E-state index is 7.03. The fraction of sp³-hybridized carbons (Fsp3) is 0.755. The molecular formula is C49H80B4O10. The third-order valence-corrected chi connectivity index (χ3v) is 16.4. The van der Waals surface area contributed by atoms with Crippen LogP contribution in [0.1, 0.15) is 154 Å². The molecule has 14 heteroatoms. The predicted molar refractivity (Wildman–Crippen MR) is 256 cm³/mol. The van der Waals surface area contributed by atoms with Crippen LogP contribution in [0.4, 0.5) is 0 Å². The minimum absolute atomic E-state index is 0.0186.